The average Bonchev–Trinajstić information content (AvgIpc) is 3.46. The first-order valence-electron chi connectivity index (χ1n) is 8.98. The van der Waals surface area contributed by atoms with Crippen molar-refractivity contribution >= 4 is 27.5 Å². The molecular weight excluding hydrogens is 396 g/mol. The van der Waals surface area contributed by atoms with Crippen LogP contribution in [0.3, 0.4) is 0 Å². The number of hydrogen-bond donors (Lipinski definition) is 1. The molecule has 29 heavy (non-hydrogen) atoms. The topological polar surface area (TPSA) is 110 Å². The van der Waals surface area contributed by atoms with Gasteiger partial charge in [-0.3, -0.25) is 14.5 Å². The lowest BCUT2D eigenvalue weighted by molar-refractivity contribution is -0.121. The van der Waals surface area contributed by atoms with E-state index in [9.17, 15) is 18.0 Å². The predicted octanol–water partition coefficient (Wildman–Crippen LogP) is 2.64. The summed E-state index contributed by atoms with van der Waals surface area (Å²) < 4.78 is 38.8. The van der Waals surface area contributed by atoms with E-state index < -0.39 is 15.9 Å². The summed E-state index contributed by atoms with van der Waals surface area (Å²) in [4.78, 5) is 24.8. The number of rotatable bonds is 7. The van der Waals surface area contributed by atoms with E-state index in [0.29, 0.717) is 17.2 Å². The zero-order valence-electron chi connectivity index (χ0n) is 15.3. The van der Waals surface area contributed by atoms with E-state index in [2.05, 4.69) is 4.72 Å². The normalized spacial score (nSPS) is 14.9. The van der Waals surface area contributed by atoms with Crippen molar-refractivity contribution in [2.24, 2.45) is 0 Å². The minimum Gasteiger partial charge on any atom is -0.469 e. The molecule has 0 saturated carbocycles. The largest absolute Gasteiger partial charge is 0.469 e. The van der Waals surface area contributed by atoms with Crippen LogP contribution in [0.25, 0.3) is 0 Å². The molecule has 1 saturated heterocycles. The highest BCUT2D eigenvalue weighted by Gasteiger charge is 2.30. The molecule has 0 spiro atoms. The molecular formula is C20H18N2O6S. The van der Waals surface area contributed by atoms with Crippen LogP contribution in [0.5, 0.6) is 0 Å². The Morgan fingerprint density at radius 2 is 1.45 bits per heavy atom. The summed E-state index contributed by atoms with van der Waals surface area (Å²) >= 11 is 0. The summed E-state index contributed by atoms with van der Waals surface area (Å²) in [6.45, 7) is 0.0359. The molecule has 3 heterocycles. The molecule has 0 atom stereocenters. The summed E-state index contributed by atoms with van der Waals surface area (Å²) in [5.41, 5.74) is 0.362. The van der Waals surface area contributed by atoms with Gasteiger partial charge in [-0.05, 0) is 48.5 Å². The number of carbonyl (C=O) groups excluding carboxylic acids is 2. The molecule has 1 N–H and O–H groups in total. The summed E-state index contributed by atoms with van der Waals surface area (Å²) in [7, 11) is -3.83. The molecule has 1 aromatic carbocycles. The number of hydrogen-bond acceptors (Lipinski definition) is 6. The van der Waals surface area contributed by atoms with Crippen LogP contribution in [-0.4, -0.2) is 26.8 Å². The monoisotopic (exact) mass is 414 g/mol. The molecule has 3 aromatic rings. The first-order valence-corrected chi connectivity index (χ1v) is 10.5. The quantitative estimate of drug-likeness (QED) is 0.595. The van der Waals surface area contributed by atoms with E-state index in [1.165, 1.54) is 36.8 Å². The molecule has 150 valence electrons. The van der Waals surface area contributed by atoms with Crippen LogP contribution in [0.15, 0.2) is 74.8 Å². The molecule has 1 aliphatic heterocycles. The fourth-order valence-corrected chi connectivity index (χ4v) is 4.28. The number of nitrogens with zero attached hydrogens (tertiary/aromatic N) is 1. The van der Waals surface area contributed by atoms with Crippen molar-refractivity contribution < 1.29 is 26.8 Å². The van der Waals surface area contributed by atoms with E-state index in [4.69, 9.17) is 8.83 Å². The molecule has 8 nitrogen and oxygen atoms in total. The van der Waals surface area contributed by atoms with Crippen molar-refractivity contribution in [3.05, 3.63) is 72.6 Å². The number of nitrogens with one attached hydrogen (secondary N) is 1. The maximum absolute atomic E-state index is 12.7. The fourth-order valence-electron chi connectivity index (χ4n) is 3.24. The van der Waals surface area contributed by atoms with E-state index in [1.54, 1.807) is 24.3 Å². The number of amides is 2. The Bertz CT molecular complexity index is 1050. The average molecular weight is 414 g/mol. The highest BCUT2D eigenvalue weighted by atomic mass is 32.2. The zero-order valence-corrected chi connectivity index (χ0v) is 16.1. The highest BCUT2D eigenvalue weighted by molar-refractivity contribution is 7.89. The van der Waals surface area contributed by atoms with Gasteiger partial charge < -0.3 is 8.83 Å². The molecule has 4 rings (SSSR count). The molecule has 0 bridgehead atoms. The highest BCUT2D eigenvalue weighted by Crippen LogP contribution is 2.27. The SMILES string of the molecule is O=C1CCC(=O)N1c1ccc(S(=O)(=O)NCC(c2ccco2)c2ccco2)cc1. The van der Waals surface area contributed by atoms with Gasteiger partial charge in [-0.2, -0.15) is 0 Å². The van der Waals surface area contributed by atoms with E-state index in [0.717, 1.165) is 4.90 Å². The van der Waals surface area contributed by atoms with Gasteiger partial charge in [-0.25, -0.2) is 13.1 Å². The second kappa shape index (κ2) is 7.69. The van der Waals surface area contributed by atoms with Gasteiger partial charge in [0.2, 0.25) is 21.8 Å². The van der Waals surface area contributed by atoms with Crippen LogP contribution >= 0.6 is 0 Å². The first-order chi connectivity index (χ1) is 14.0. The lowest BCUT2D eigenvalue weighted by Gasteiger charge is -2.16. The van der Waals surface area contributed by atoms with Crippen LogP contribution in [0.2, 0.25) is 0 Å². The third-order valence-electron chi connectivity index (χ3n) is 4.71. The Kier molecular flexibility index (Phi) is 5.08. The Hall–Kier alpha value is -3.17. The lowest BCUT2D eigenvalue weighted by Crippen LogP contribution is -2.30. The third-order valence-corrected chi connectivity index (χ3v) is 6.15. The molecule has 2 amide bonds. The molecule has 0 unspecified atom stereocenters. The Morgan fingerprint density at radius 3 is 1.93 bits per heavy atom. The van der Waals surface area contributed by atoms with Crippen LogP contribution in [0.1, 0.15) is 30.3 Å². The van der Waals surface area contributed by atoms with Crippen molar-refractivity contribution in [1.82, 2.24) is 4.72 Å². The molecule has 1 fully saturated rings. The van der Waals surface area contributed by atoms with E-state index in [-0.39, 0.29) is 36.1 Å². The maximum atomic E-state index is 12.7. The lowest BCUT2D eigenvalue weighted by atomic mass is 10.0. The van der Waals surface area contributed by atoms with Gasteiger partial charge in [0.05, 0.1) is 29.0 Å². The van der Waals surface area contributed by atoms with Crippen molar-refractivity contribution in [3.63, 3.8) is 0 Å². The standard InChI is InChI=1S/C20H18N2O6S/c23-19-9-10-20(24)22(19)14-5-7-15(8-6-14)29(25,26)21-13-16(17-3-1-11-27-17)18-4-2-12-28-18/h1-8,11-12,16,21H,9-10,13H2. The van der Waals surface area contributed by atoms with Gasteiger partial charge in [-0.15, -0.1) is 0 Å². The van der Waals surface area contributed by atoms with Gasteiger partial charge in [0.15, 0.2) is 0 Å². The maximum Gasteiger partial charge on any atom is 0.240 e. The van der Waals surface area contributed by atoms with Crippen molar-refractivity contribution in [3.8, 4) is 0 Å². The van der Waals surface area contributed by atoms with Gasteiger partial charge in [0, 0.05) is 19.4 Å². The van der Waals surface area contributed by atoms with Crippen LogP contribution in [-0.2, 0) is 19.6 Å². The van der Waals surface area contributed by atoms with Gasteiger partial charge in [0.25, 0.3) is 0 Å². The summed E-state index contributed by atoms with van der Waals surface area (Å²) in [6.07, 6.45) is 3.36. The van der Waals surface area contributed by atoms with Crippen LogP contribution < -0.4 is 9.62 Å². The van der Waals surface area contributed by atoms with Crippen molar-refractivity contribution in [2.45, 2.75) is 23.7 Å². The predicted molar refractivity (Wildman–Crippen MR) is 103 cm³/mol. The van der Waals surface area contributed by atoms with Gasteiger partial charge >= 0.3 is 0 Å². The van der Waals surface area contributed by atoms with Crippen LogP contribution in [0.4, 0.5) is 5.69 Å². The molecule has 0 radical (unpaired) electrons. The molecule has 2 aromatic heterocycles. The summed E-state index contributed by atoms with van der Waals surface area (Å²) in [6, 6.07) is 12.6. The number of carbonyl (C=O) groups is 2. The van der Waals surface area contributed by atoms with Crippen molar-refractivity contribution in [2.75, 3.05) is 11.4 Å². The smallest absolute Gasteiger partial charge is 0.240 e. The van der Waals surface area contributed by atoms with E-state index >= 15 is 0 Å². The Morgan fingerprint density at radius 1 is 0.897 bits per heavy atom. The molecule has 1 aliphatic rings. The fraction of sp³-hybridized carbons (Fsp3) is 0.200. The number of benzene rings is 1. The first kappa shape index (κ1) is 19.2. The van der Waals surface area contributed by atoms with Crippen molar-refractivity contribution in [1.29, 1.82) is 0 Å². The second-order valence-electron chi connectivity index (χ2n) is 6.55. The second-order valence-corrected chi connectivity index (χ2v) is 8.32. The number of sulfonamides is 1. The van der Waals surface area contributed by atoms with E-state index in [1.807, 2.05) is 0 Å². The Labute approximate surface area is 167 Å². The minimum atomic E-state index is -3.83. The summed E-state index contributed by atoms with van der Waals surface area (Å²) in [5, 5.41) is 0. The summed E-state index contributed by atoms with van der Waals surface area (Å²) in [5.74, 6) is 0.147. The molecule has 0 aliphatic carbocycles. The van der Waals surface area contributed by atoms with Gasteiger partial charge in [-0.1, -0.05) is 0 Å². The minimum absolute atomic E-state index is 0.0259. The number of furan rings is 2. The van der Waals surface area contributed by atoms with Crippen LogP contribution in [0, 0.1) is 0 Å². The third kappa shape index (κ3) is 3.87. The zero-order chi connectivity index (χ0) is 20.4. The number of imide groups is 1. The molecule has 9 heteroatoms. The van der Waals surface area contributed by atoms with Gasteiger partial charge in [0.1, 0.15) is 11.5 Å². The number of anilines is 1. The Balaban J connectivity index is 1.51.